The number of nitrogens with one attached hydrogen (secondary N) is 2. The summed E-state index contributed by atoms with van der Waals surface area (Å²) in [6.45, 7) is 0. The number of rotatable bonds is 6. The second-order valence-electron chi connectivity index (χ2n) is 7.15. The zero-order valence-electron chi connectivity index (χ0n) is 16.5. The topological polar surface area (TPSA) is 93.2 Å². The molecule has 0 bridgehead atoms. The zero-order chi connectivity index (χ0) is 22.7. The number of carbonyl (C=O) groups excluding carboxylic acids is 2. The molecule has 1 fully saturated rings. The van der Waals surface area contributed by atoms with Crippen molar-refractivity contribution < 1.29 is 27.5 Å². The summed E-state index contributed by atoms with van der Waals surface area (Å²) in [6.07, 6.45) is 0.969. The molecule has 1 aromatic carbocycles. The van der Waals surface area contributed by atoms with E-state index < -0.39 is 12.3 Å². The number of alkyl halides is 3. The lowest BCUT2D eigenvalue weighted by molar-refractivity contribution is -0.274. The normalized spacial score (nSPS) is 13.3. The monoisotopic (exact) mass is 442 g/mol. The summed E-state index contributed by atoms with van der Waals surface area (Å²) < 4.78 is 42.2. The number of anilines is 2. The van der Waals surface area contributed by atoms with Crippen molar-refractivity contribution >= 4 is 23.3 Å². The standard InChI is InChI=1S/C22H17F3N4O3/c23-22(24,25)32-18-4-2-1-3-17(18)15-9-16(12-26-11-15)28-21(31)14-7-8-27-19(10-14)29-20(30)13-5-6-13/h1-4,7-13H,5-6H2,(H,28,31)(H,27,29,30). The van der Waals surface area contributed by atoms with Gasteiger partial charge in [-0.1, -0.05) is 18.2 Å². The molecule has 10 heteroatoms. The molecule has 2 amide bonds. The average Bonchev–Trinajstić information content (AvgIpc) is 3.59. The van der Waals surface area contributed by atoms with E-state index in [-0.39, 0.29) is 40.2 Å². The second kappa shape index (κ2) is 8.66. The van der Waals surface area contributed by atoms with E-state index in [4.69, 9.17) is 0 Å². The number of para-hydroxylation sites is 1. The van der Waals surface area contributed by atoms with Crippen LogP contribution in [0.1, 0.15) is 23.2 Å². The summed E-state index contributed by atoms with van der Waals surface area (Å²) in [4.78, 5) is 32.6. The Balaban J connectivity index is 1.51. The molecule has 1 saturated carbocycles. The number of hydrogen-bond acceptors (Lipinski definition) is 5. The van der Waals surface area contributed by atoms with Crippen LogP contribution in [0.5, 0.6) is 5.75 Å². The van der Waals surface area contributed by atoms with Crippen LogP contribution >= 0.6 is 0 Å². The zero-order valence-corrected chi connectivity index (χ0v) is 16.5. The maximum Gasteiger partial charge on any atom is 0.573 e. The van der Waals surface area contributed by atoms with Crippen LogP contribution in [-0.2, 0) is 4.79 Å². The fourth-order valence-corrected chi connectivity index (χ4v) is 2.99. The van der Waals surface area contributed by atoms with Crippen molar-refractivity contribution in [1.29, 1.82) is 0 Å². The average molecular weight is 442 g/mol. The summed E-state index contributed by atoms with van der Waals surface area (Å²) >= 11 is 0. The van der Waals surface area contributed by atoms with Crippen LogP contribution in [0, 0.1) is 5.92 Å². The van der Waals surface area contributed by atoms with Crippen molar-refractivity contribution in [1.82, 2.24) is 9.97 Å². The number of halogens is 3. The molecule has 0 spiro atoms. The van der Waals surface area contributed by atoms with Crippen molar-refractivity contribution in [3.05, 3.63) is 66.6 Å². The van der Waals surface area contributed by atoms with Gasteiger partial charge in [0.15, 0.2) is 0 Å². The van der Waals surface area contributed by atoms with Crippen molar-refractivity contribution in [2.24, 2.45) is 5.92 Å². The summed E-state index contributed by atoms with van der Waals surface area (Å²) in [7, 11) is 0. The number of carbonyl (C=O) groups is 2. The maximum absolute atomic E-state index is 12.7. The van der Waals surface area contributed by atoms with E-state index in [0.29, 0.717) is 5.56 Å². The Kier molecular flexibility index (Phi) is 5.76. The van der Waals surface area contributed by atoms with Gasteiger partial charge in [-0.2, -0.15) is 0 Å². The van der Waals surface area contributed by atoms with Crippen molar-refractivity contribution in [3.8, 4) is 16.9 Å². The molecule has 2 aromatic heterocycles. The molecule has 0 saturated heterocycles. The number of amides is 2. The Morgan fingerprint density at radius 3 is 2.56 bits per heavy atom. The molecule has 7 nitrogen and oxygen atoms in total. The number of hydrogen-bond donors (Lipinski definition) is 2. The SMILES string of the molecule is O=C(Nc1cncc(-c2ccccc2OC(F)(F)F)c1)c1ccnc(NC(=O)C2CC2)c1. The molecule has 1 aliphatic rings. The predicted molar refractivity (Wildman–Crippen MR) is 110 cm³/mol. The van der Waals surface area contributed by atoms with Crippen LogP contribution in [0.4, 0.5) is 24.7 Å². The van der Waals surface area contributed by atoms with Gasteiger partial charge in [0, 0.05) is 35.0 Å². The Morgan fingerprint density at radius 1 is 1.03 bits per heavy atom. The van der Waals surface area contributed by atoms with E-state index in [9.17, 15) is 22.8 Å². The van der Waals surface area contributed by atoms with Crippen molar-refractivity contribution in [3.63, 3.8) is 0 Å². The van der Waals surface area contributed by atoms with E-state index >= 15 is 0 Å². The predicted octanol–water partition coefficient (Wildman–Crippen LogP) is 4.64. The van der Waals surface area contributed by atoms with E-state index in [0.717, 1.165) is 12.8 Å². The molecular weight excluding hydrogens is 425 g/mol. The lowest BCUT2D eigenvalue weighted by Crippen LogP contribution is -2.17. The Morgan fingerprint density at radius 2 is 1.81 bits per heavy atom. The quantitative estimate of drug-likeness (QED) is 0.580. The van der Waals surface area contributed by atoms with Gasteiger partial charge in [0.05, 0.1) is 11.9 Å². The third-order valence-electron chi connectivity index (χ3n) is 4.64. The Bertz CT molecular complexity index is 1160. The minimum atomic E-state index is -4.84. The molecule has 4 rings (SSSR count). The van der Waals surface area contributed by atoms with E-state index in [1.807, 2.05) is 0 Å². The molecule has 2 heterocycles. The van der Waals surface area contributed by atoms with Crippen LogP contribution in [0.25, 0.3) is 11.1 Å². The van der Waals surface area contributed by atoms with E-state index in [1.54, 1.807) is 6.07 Å². The van der Waals surface area contributed by atoms with Gasteiger partial charge >= 0.3 is 6.36 Å². The van der Waals surface area contributed by atoms with Gasteiger partial charge in [0.25, 0.3) is 5.91 Å². The summed E-state index contributed by atoms with van der Waals surface area (Å²) in [5.41, 5.74) is 1.02. The number of benzene rings is 1. The number of nitrogens with zero attached hydrogens (tertiary/aromatic N) is 2. The number of pyridine rings is 2. The summed E-state index contributed by atoms with van der Waals surface area (Å²) in [5.74, 6) is -0.748. The Labute approximate surface area is 180 Å². The lowest BCUT2D eigenvalue weighted by Gasteiger charge is -2.14. The molecule has 0 unspecified atom stereocenters. The molecule has 3 aromatic rings. The first-order valence-corrected chi connectivity index (χ1v) is 9.67. The van der Waals surface area contributed by atoms with Crippen LogP contribution in [0.2, 0.25) is 0 Å². The van der Waals surface area contributed by atoms with E-state index in [1.165, 1.54) is 55.0 Å². The molecule has 0 radical (unpaired) electrons. The van der Waals surface area contributed by atoms with Crippen LogP contribution in [-0.4, -0.2) is 28.1 Å². The van der Waals surface area contributed by atoms with Gasteiger partial charge < -0.3 is 15.4 Å². The maximum atomic E-state index is 12.7. The third kappa shape index (κ3) is 5.39. The highest BCUT2D eigenvalue weighted by molar-refractivity contribution is 6.05. The molecular formula is C22H17F3N4O3. The first-order chi connectivity index (χ1) is 15.3. The van der Waals surface area contributed by atoms with E-state index in [2.05, 4.69) is 25.3 Å². The minimum absolute atomic E-state index is 0.00713. The van der Waals surface area contributed by atoms with Gasteiger partial charge in [-0.3, -0.25) is 14.6 Å². The molecule has 2 N–H and O–H groups in total. The lowest BCUT2D eigenvalue weighted by atomic mass is 10.1. The van der Waals surface area contributed by atoms with Gasteiger partial charge in [-0.25, -0.2) is 4.98 Å². The highest BCUT2D eigenvalue weighted by atomic mass is 19.4. The molecule has 32 heavy (non-hydrogen) atoms. The highest BCUT2D eigenvalue weighted by Gasteiger charge is 2.32. The third-order valence-corrected chi connectivity index (χ3v) is 4.64. The smallest absolute Gasteiger partial charge is 0.405 e. The number of ether oxygens (including phenoxy) is 1. The van der Waals surface area contributed by atoms with Gasteiger partial charge in [0.2, 0.25) is 5.91 Å². The minimum Gasteiger partial charge on any atom is -0.405 e. The van der Waals surface area contributed by atoms with Crippen LogP contribution < -0.4 is 15.4 Å². The van der Waals surface area contributed by atoms with Crippen molar-refractivity contribution in [2.45, 2.75) is 19.2 Å². The summed E-state index contributed by atoms with van der Waals surface area (Å²) in [6, 6.07) is 10.1. The fraction of sp³-hybridized carbons (Fsp3) is 0.182. The van der Waals surface area contributed by atoms with Gasteiger partial charge in [-0.15, -0.1) is 13.2 Å². The number of aromatic nitrogens is 2. The first kappa shape index (κ1) is 21.3. The largest absolute Gasteiger partial charge is 0.573 e. The second-order valence-corrected chi connectivity index (χ2v) is 7.15. The van der Waals surface area contributed by atoms with Crippen LogP contribution in [0.15, 0.2) is 61.1 Å². The fourth-order valence-electron chi connectivity index (χ4n) is 2.99. The molecule has 1 aliphatic carbocycles. The molecule has 164 valence electrons. The Hall–Kier alpha value is -3.95. The van der Waals surface area contributed by atoms with Gasteiger partial charge in [0.1, 0.15) is 11.6 Å². The first-order valence-electron chi connectivity index (χ1n) is 9.67. The molecule has 0 aliphatic heterocycles. The van der Waals surface area contributed by atoms with Crippen LogP contribution in [0.3, 0.4) is 0 Å². The summed E-state index contributed by atoms with van der Waals surface area (Å²) in [5, 5.41) is 5.32. The van der Waals surface area contributed by atoms with Gasteiger partial charge in [-0.05, 0) is 37.1 Å². The molecule has 0 atom stereocenters. The highest BCUT2D eigenvalue weighted by Crippen LogP contribution is 2.34. The van der Waals surface area contributed by atoms with Crippen molar-refractivity contribution in [2.75, 3.05) is 10.6 Å².